The summed E-state index contributed by atoms with van der Waals surface area (Å²) in [6.45, 7) is 0.607. The number of amides is 1. The van der Waals surface area contributed by atoms with E-state index in [1.54, 1.807) is 23.3 Å². The van der Waals surface area contributed by atoms with Crippen LogP contribution in [-0.4, -0.2) is 22.2 Å². The predicted octanol–water partition coefficient (Wildman–Crippen LogP) is 3.66. The van der Waals surface area contributed by atoms with Gasteiger partial charge in [0.2, 0.25) is 5.91 Å². The quantitative estimate of drug-likeness (QED) is 0.767. The van der Waals surface area contributed by atoms with Crippen molar-refractivity contribution in [3.8, 4) is 0 Å². The van der Waals surface area contributed by atoms with Crippen LogP contribution in [0, 0.1) is 5.92 Å². The van der Waals surface area contributed by atoms with E-state index in [2.05, 4.69) is 15.9 Å². The van der Waals surface area contributed by atoms with Gasteiger partial charge in [0.05, 0.1) is 12.5 Å². The third-order valence-corrected chi connectivity index (χ3v) is 5.03. The first-order valence-corrected chi connectivity index (χ1v) is 7.19. The molecule has 1 amide bonds. The van der Waals surface area contributed by atoms with Crippen molar-refractivity contribution in [2.45, 2.75) is 17.3 Å². The summed E-state index contributed by atoms with van der Waals surface area (Å²) < 4.78 is 0.213. The second-order valence-corrected chi connectivity index (χ2v) is 7.40. The van der Waals surface area contributed by atoms with Gasteiger partial charge in [0, 0.05) is 21.8 Å². The van der Waals surface area contributed by atoms with Gasteiger partial charge in [-0.2, -0.15) is 0 Å². The van der Waals surface area contributed by atoms with Gasteiger partial charge < -0.3 is 4.90 Å². The topological polar surface area (TPSA) is 20.3 Å². The van der Waals surface area contributed by atoms with Gasteiger partial charge >= 0.3 is 0 Å². The monoisotopic (exact) mass is 341 g/mol. The molecule has 0 saturated heterocycles. The number of halogens is 3. The second-order valence-electron chi connectivity index (χ2n) is 3.94. The molecule has 0 spiro atoms. The molecule has 0 aliphatic heterocycles. The van der Waals surface area contributed by atoms with Gasteiger partial charge in [-0.1, -0.05) is 0 Å². The van der Waals surface area contributed by atoms with Crippen LogP contribution in [0.2, 0.25) is 0 Å². The van der Waals surface area contributed by atoms with E-state index < -0.39 is 4.33 Å². The average Bonchev–Trinajstić information content (AvgIpc) is 2.62. The van der Waals surface area contributed by atoms with E-state index >= 15 is 0 Å². The number of hydrogen-bond donors (Lipinski definition) is 0. The summed E-state index contributed by atoms with van der Waals surface area (Å²) >= 11 is 16.7. The molecule has 0 aromatic carbocycles. The van der Waals surface area contributed by atoms with Gasteiger partial charge in [-0.3, -0.25) is 4.79 Å². The lowest BCUT2D eigenvalue weighted by molar-refractivity contribution is -0.131. The molecule has 0 radical (unpaired) electrons. The Morgan fingerprint density at radius 2 is 2.38 bits per heavy atom. The number of nitrogens with zero attached hydrogens (tertiary/aromatic N) is 1. The minimum atomic E-state index is -0.832. The molecule has 1 aromatic heterocycles. The average molecular weight is 343 g/mol. The number of hydrogen-bond acceptors (Lipinski definition) is 2. The lowest BCUT2D eigenvalue weighted by atomic mass is 10.3. The summed E-state index contributed by atoms with van der Waals surface area (Å²) in [7, 11) is 1.78. The fourth-order valence-corrected chi connectivity index (χ4v) is 3.49. The van der Waals surface area contributed by atoms with Crippen molar-refractivity contribution in [3.05, 3.63) is 20.8 Å². The Morgan fingerprint density at radius 1 is 1.75 bits per heavy atom. The van der Waals surface area contributed by atoms with Crippen molar-refractivity contribution in [1.29, 1.82) is 0 Å². The minimum absolute atomic E-state index is 0.0227. The van der Waals surface area contributed by atoms with Crippen LogP contribution in [0.15, 0.2) is 15.9 Å². The largest absolute Gasteiger partial charge is 0.340 e. The van der Waals surface area contributed by atoms with E-state index in [4.69, 9.17) is 23.2 Å². The van der Waals surface area contributed by atoms with Crippen LogP contribution in [0.25, 0.3) is 0 Å². The number of thiophene rings is 1. The molecule has 88 valence electrons. The molecule has 16 heavy (non-hydrogen) atoms. The Morgan fingerprint density at radius 3 is 2.81 bits per heavy atom. The van der Waals surface area contributed by atoms with Gasteiger partial charge in [-0.15, -0.1) is 34.5 Å². The number of carbonyl (C=O) groups excluding carboxylic acids is 1. The van der Waals surface area contributed by atoms with Crippen LogP contribution in [0.3, 0.4) is 0 Å². The highest BCUT2D eigenvalue weighted by atomic mass is 79.9. The normalized spacial score (nSPS) is 21.9. The fourth-order valence-electron chi connectivity index (χ4n) is 1.50. The molecule has 1 unspecified atom stereocenters. The zero-order valence-electron chi connectivity index (χ0n) is 8.54. The number of carbonyl (C=O) groups is 1. The van der Waals surface area contributed by atoms with E-state index in [-0.39, 0.29) is 11.8 Å². The third kappa shape index (κ3) is 2.73. The van der Waals surface area contributed by atoms with Crippen molar-refractivity contribution in [2.75, 3.05) is 7.05 Å². The molecule has 2 nitrogen and oxygen atoms in total. The Bertz CT molecular complexity index is 421. The molecular weight excluding hydrogens is 333 g/mol. The maximum absolute atomic E-state index is 11.9. The van der Waals surface area contributed by atoms with Crippen molar-refractivity contribution in [2.24, 2.45) is 5.92 Å². The van der Waals surface area contributed by atoms with Crippen molar-refractivity contribution < 1.29 is 4.79 Å². The van der Waals surface area contributed by atoms with Gasteiger partial charge in [-0.05, 0) is 28.4 Å². The van der Waals surface area contributed by atoms with Gasteiger partial charge in [-0.25, -0.2) is 0 Å². The first-order chi connectivity index (χ1) is 7.40. The Balaban J connectivity index is 1.94. The zero-order chi connectivity index (χ0) is 11.9. The fraction of sp³-hybridized carbons (Fsp3) is 0.500. The second kappa shape index (κ2) is 4.48. The predicted molar refractivity (Wildman–Crippen MR) is 71.0 cm³/mol. The summed E-state index contributed by atoms with van der Waals surface area (Å²) in [5.41, 5.74) is 0. The molecule has 1 saturated carbocycles. The molecule has 0 bridgehead atoms. The molecule has 1 aliphatic carbocycles. The maximum atomic E-state index is 11.9. The van der Waals surface area contributed by atoms with Gasteiger partial charge in [0.15, 0.2) is 0 Å². The van der Waals surface area contributed by atoms with Crippen molar-refractivity contribution >= 4 is 56.4 Å². The summed E-state index contributed by atoms with van der Waals surface area (Å²) in [4.78, 5) is 14.7. The Hall–Kier alpha value is 0.230. The molecule has 0 N–H and O–H groups in total. The molecular formula is C10H10BrCl2NOS. The van der Waals surface area contributed by atoms with Gasteiger partial charge in [0.25, 0.3) is 0 Å². The molecule has 6 heteroatoms. The minimum Gasteiger partial charge on any atom is -0.340 e. The van der Waals surface area contributed by atoms with Crippen LogP contribution in [-0.2, 0) is 11.3 Å². The summed E-state index contributed by atoms with van der Waals surface area (Å²) in [5, 5.41) is 2.00. The molecule has 1 heterocycles. The summed E-state index contributed by atoms with van der Waals surface area (Å²) in [6.07, 6.45) is 0.563. The first-order valence-electron chi connectivity index (χ1n) is 4.76. The van der Waals surface area contributed by atoms with E-state index in [0.29, 0.717) is 13.0 Å². The van der Waals surface area contributed by atoms with Crippen LogP contribution >= 0.6 is 50.5 Å². The first kappa shape index (κ1) is 12.7. The summed E-state index contributed by atoms with van der Waals surface area (Å²) in [5.74, 6) is -0.209. The van der Waals surface area contributed by atoms with Crippen LogP contribution < -0.4 is 0 Å². The highest BCUT2D eigenvalue weighted by Crippen LogP contribution is 2.53. The van der Waals surface area contributed by atoms with Crippen LogP contribution in [0.4, 0.5) is 0 Å². The van der Waals surface area contributed by atoms with Crippen molar-refractivity contribution in [1.82, 2.24) is 4.90 Å². The lowest BCUT2D eigenvalue weighted by Gasteiger charge is -2.16. The SMILES string of the molecule is CN(Cc1cc(Br)cs1)C(=O)C1CC1(Cl)Cl. The molecule has 1 fully saturated rings. The standard InChI is InChI=1S/C10H10BrCl2NOS/c1-14(4-7-2-6(11)5-16-7)9(15)8-3-10(8,12)13/h2,5,8H,3-4H2,1H3. The van der Waals surface area contributed by atoms with Crippen LogP contribution in [0.1, 0.15) is 11.3 Å². The van der Waals surface area contributed by atoms with E-state index in [9.17, 15) is 4.79 Å². The molecule has 1 atom stereocenters. The lowest BCUT2D eigenvalue weighted by Crippen LogP contribution is -2.28. The maximum Gasteiger partial charge on any atom is 0.228 e. The Kier molecular flexibility index (Phi) is 3.55. The van der Waals surface area contributed by atoms with E-state index in [1.165, 1.54) is 0 Å². The van der Waals surface area contributed by atoms with Gasteiger partial charge in [0.1, 0.15) is 4.33 Å². The zero-order valence-corrected chi connectivity index (χ0v) is 12.5. The number of alkyl halides is 2. The van der Waals surface area contributed by atoms with E-state index in [1.807, 2.05) is 11.4 Å². The molecule has 1 aromatic rings. The van der Waals surface area contributed by atoms with Crippen molar-refractivity contribution in [3.63, 3.8) is 0 Å². The molecule has 1 aliphatic rings. The number of rotatable bonds is 3. The summed E-state index contributed by atoms with van der Waals surface area (Å²) in [6, 6.07) is 2.01. The third-order valence-electron chi connectivity index (χ3n) is 2.52. The van der Waals surface area contributed by atoms with Crippen LogP contribution in [0.5, 0.6) is 0 Å². The highest BCUT2D eigenvalue weighted by Gasteiger charge is 2.57. The highest BCUT2D eigenvalue weighted by molar-refractivity contribution is 9.10. The Labute approximate surface area is 117 Å². The molecule has 2 rings (SSSR count). The van der Waals surface area contributed by atoms with E-state index in [0.717, 1.165) is 9.35 Å². The smallest absolute Gasteiger partial charge is 0.228 e.